The average molecular weight is 377 g/mol. The van der Waals surface area contributed by atoms with Gasteiger partial charge < -0.3 is 20.5 Å². The van der Waals surface area contributed by atoms with Crippen molar-refractivity contribution in [1.82, 2.24) is 10.2 Å². The number of carbonyl (C=O) groups excluding carboxylic acids is 2. The minimum atomic E-state index is -0.584. The number of Topliss-reactive ketones (excluding diaryl/α,β-unsaturated/α-hetero) is 1. The predicted octanol–water partition coefficient (Wildman–Crippen LogP) is 2.00. The number of rotatable bonds is 8. The molecule has 0 spiro atoms. The van der Waals surface area contributed by atoms with Gasteiger partial charge in [-0.15, -0.1) is 0 Å². The molecule has 7 nitrogen and oxygen atoms in total. The Balaban J connectivity index is 2.13. The SMILES string of the molecule is CC(C)C(NC(=O)[C@@H](N)C(C)C)N(C)C(C)C(=O)c1ccc2c(c1)OCO2. The highest BCUT2D eigenvalue weighted by Crippen LogP contribution is 2.33. The van der Waals surface area contributed by atoms with E-state index in [1.807, 2.05) is 46.6 Å². The smallest absolute Gasteiger partial charge is 0.238 e. The van der Waals surface area contributed by atoms with Crippen molar-refractivity contribution in [3.63, 3.8) is 0 Å². The van der Waals surface area contributed by atoms with Crippen molar-refractivity contribution in [3.8, 4) is 11.5 Å². The second kappa shape index (κ2) is 8.71. The van der Waals surface area contributed by atoms with Gasteiger partial charge in [-0.1, -0.05) is 27.7 Å². The number of hydrogen-bond donors (Lipinski definition) is 2. The summed E-state index contributed by atoms with van der Waals surface area (Å²) in [5.74, 6) is 1.10. The Morgan fingerprint density at radius 1 is 1.07 bits per heavy atom. The number of nitrogens with zero attached hydrogens (tertiary/aromatic N) is 1. The van der Waals surface area contributed by atoms with Gasteiger partial charge in [0.2, 0.25) is 12.7 Å². The van der Waals surface area contributed by atoms with Gasteiger partial charge >= 0.3 is 0 Å². The molecule has 7 heteroatoms. The molecule has 1 aromatic rings. The summed E-state index contributed by atoms with van der Waals surface area (Å²) in [6, 6.07) is 4.16. The van der Waals surface area contributed by atoms with E-state index < -0.39 is 12.1 Å². The van der Waals surface area contributed by atoms with Crippen LogP contribution in [0, 0.1) is 11.8 Å². The van der Waals surface area contributed by atoms with Gasteiger partial charge in [0.05, 0.1) is 18.2 Å². The first-order chi connectivity index (χ1) is 12.6. The zero-order valence-corrected chi connectivity index (χ0v) is 17.0. The summed E-state index contributed by atoms with van der Waals surface area (Å²) in [5.41, 5.74) is 6.51. The van der Waals surface area contributed by atoms with Crippen molar-refractivity contribution in [1.29, 1.82) is 0 Å². The van der Waals surface area contributed by atoms with Gasteiger partial charge in [0, 0.05) is 5.56 Å². The number of fused-ring (bicyclic) bond motifs is 1. The fourth-order valence-corrected chi connectivity index (χ4v) is 3.00. The highest BCUT2D eigenvalue weighted by molar-refractivity contribution is 6.00. The van der Waals surface area contributed by atoms with Crippen LogP contribution in [0.5, 0.6) is 11.5 Å². The Bertz CT molecular complexity index is 690. The minimum Gasteiger partial charge on any atom is -0.454 e. The monoisotopic (exact) mass is 377 g/mol. The molecule has 0 aromatic heterocycles. The van der Waals surface area contributed by atoms with E-state index in [2.05, 4.69) is 5.32 Å². The Morgan fingerprint density at radius 2 is 1.70 bits per heavy atom. The van der Waals surface area contributed by atoms with Crippen molar-refractivity contribution in [2.75, 3.05) is 13.8 Å². The van der Waals surface area contributed by atoms with Crippen LogP contribution in [0.25, 0.3) is 0 Å². The number of hydrogen-bond acceptors (Lipinski definition) is 6. The molecule has 3 atom stereocenters. The number of nitrogens with two attached hydrogens (primary N) is 1. The summed E-state index contributed by atoms with van der Waals surface area (Å²) in [7, 11) is 1.83. The van der Waals surface area contributed by atoms with E-state index in [1.165, 1.54) is 0 Å². The quantitative estimate of drug-likeness (QED) is 0.532. The molecule has 1 heterocycles. The standard InChI is InChI=1S/C20H31N3O4/c1-11(2)17(21)20(25)22-19(12(3)4)23(6)13(5)18(24)14-7-8-15-16(9-14)27-10-26-15/h7-9,11-13,17,19H,10,21H2,1-6H3,(H,22,25)/t13?,17-,19?/m0/s1. The summed E-state index contributed by atoms with van der Waals surface area (Å²) in [6.07, 6.45) is -0.310. The predicted molar refractivity (Wildman–Crippen MR) is 104 cm³/mol. The van der Waals surface area contributed by atoms with Crippen molar-refractivity contribution in [3.05, 3.63) is 23.8 Å². The largest absolute Gasteiger partial charge is 0.454 e. The highest BCUT2D eigenvalue weighted by atomic mass is 16.7. The van der Waals surface area contributed by atoms with E-state index in [0.29, 0.717) is 17.1 Å². The van der Waals surface area contributed by atoms with Gasteiger partial charge in [0.25, 0.3) is 0 Å². The van der Waals surface area contributed by atoms with E-state index in [9.17, 15) is 9.59 Å². The lowest BCUT2D eigenvalue weighted by Gasteiger charge is -2.36. The molecule has 3 N–H and O–H groups in total. The Hall–Kier alpha value is -2.12. The van der Waals surface area contributed by atoms with Gasteiger partial charge in [-0.05, 0) is 44.0 Å². The maximum Gasteiger partial charge on any atom is 0.238 e. The van der Waals surface area contributed by atoms with Crippen LogP contribution < -0.4 is 20.5 Å². The molecule has 0 saturated carbocycles. The van der Waals surface area contributed by atoms with Crippen LogP contribution >= 0.6 is 0 Å². The third kappa shape index (κ3) is 4.78. The van der Waals surface area contributed by atoms with Gasteiger partial charge in [0.1, 0.15) is 0 Å². The molecule has 1 aliphatic heterocycles. The van der Waals surface area contributed by atoms with Crippen molar-refractivity contribution in [2.45, 2.75) is 52.9 Å². The molecule has 1 aliphatic rings. The molecular weight excluding hydrogens is 346 g/mol. The Morgan fingerprint density at radius 3 is 2.30 bits per heavy atom. The number of benzene rings is 1. The summed E-state index contributed by atoms with van der Waals surface area (Å²) in [5, 5.41) is 2.99. The molecule has 0 aliphatic carbocycles. The van der Waals surface area contributed by atoms with Crippen molar-refractivity contribution in [2.24, 2.45) is 17.6 Å². The third-order valence-electron chi connectivity index (χ3n) is 5.03. The summed E-state index contributed by atoms with van der Waals surface area (Å²) >= 11 is 0. The molecule has 150 valence electrons. The fourth-order valence-electron chi connectivity index (χ4n) is 3.00. The maximum atomic E-state index is 13.0. The number of amides is 1. The second-order valence-electron chi connectivity index (χ2n) is 7.74. The lowest BCUT2D eigenvalue weighted by atomic mass is 10.0. The highest BCUT2D eigenvalue weighted by Gasteiger charge is 2.31. The first-order valence-corrected chi connectivity index (χ1v) is 9.35. The van der Waals surface area contributed by atoms with E-state index in [4.69, 9.17) is 15.2 Å². The average Bonchev–Trinajstić information content (AvgIpc) is 3.10. The molecule has 27 heavy (non-hydrogen) atoms. The van der Waals surface area contributed by atoms with E-state index >= 15 is 0 Å². The molecule has 0 radical (unpaired) electrons. The first-order valence-electron chi connectivity index (χ1n) is 9.35. The van der Waals surface area contributed by atoms with Crippen LogP contribution in [0.3, 0.4) is 0 Å². The van der Waals surface area contributed by atoms with Crippen LogP contribution in [-0.4, -0.2) is 48.7 Å². The second-order valence-corrected chi connectivity index (χ2v) is 7.74. The lowest BCUT2D eigenvalue weighted by Crippen LogP contribution is -2.58. The van der Waals surface area contributed by atoms with E-state index in [1.54, 1.807) is 18.2 Å². The van der Waals surface area contributed by atoms with Crippen LogP contribution in [0.4, 0.5) is 0 Å². The van der Waals surface area contributed by atoms with Crippen LogP contribution in [0.2, 0.25) is 0 Å². The number of carbonyl (C=O) groups is 2. The number of ether oxygens (including phenoxy) is 2. The van der Waals surface area contributed by atoms with Crippen LogP contribution in [-0.2, 0) is 4.79 Å². The molecule has 0 saturated heterocycles. The maximum absolute atomic E-state index is 13.0. The van der Waals surface area contributed by atoms with Crippen molar-refractivity contribution < 1.29 is 19.1 Å². The molecule has 2 unspecified atom stereocenters. The Labute approximate surface area is 161 Å². The minimum absolute atomic E-state index is 0.0378. The number of ketones is 1. The topological polar surface area (TPSA) is 93.9 Å². The fraction of sp³-hybridized carbons (Fsp3) is 0.600. The lowest BCUT2D eigenvalue weighted by molar-refractivity contribution is -0.125. The van der Waals surface area contributed by atoms with E-state index in [-0.39, 0.29) is 36.5 Å². The molecule has 0 bridgehead atoms. The van der Waals surface area contributed by atoms with E-state index in [0.717, 1.165) is 0 Å². The first kappa shape index (κ1) is 21.2. The number of nitrogens with one attached hydrogen (secondary N) is 1. The molecule has 0 fully saturated rings. The third-order valence-corrected chi connectivity index (χ3v) is 5.03. The molecule has 1 amide bonds. The van der Waals surface area contributed by atoms with Crippen molar-refractivity contribution >= 4 is 11.7 Å². The summed E-state index contributed by atoms with van der Waals surface area (Å²) in [4.78, 5) is 27.3. The van der Waals surface area contributed by atoms with Gasteiger partial charge in [-0.2, -0.15) is 0 Å². The summed E-state index contributed by atoms with van der Waals surface area (Å²) in [6.45, 7) is 9.81. The normalized spacial score (nSPS) is 16.5. The zero-order chi connectivity index (χ0) is 20.3. The van der Waals surface area contributed by atoms with Gasteiger partial charge in [-0.25, -0.2) is 0 Å². The molecule has 1 aromatic carbocycles. The van der Waals surface area contributed by atoms with Crippen LogP contribution in [0.15, 0.2) is 18.2 Å². The number of likely N-dealkylation sites (N-methyl/N-ethyl adjacent to an activating group) is 1. The Kier molecular flexibility index (Phi) is 6.84. The molecular formula is C20H31N3O4. The molecule has 2 rings (SSSR count). The zero-order valence-electron chi connectivity index (χ0n) is 17.0. The van der Waals surface area contributed by atoms with Crippen LogP contribution in [0.1, 0.15) is 45.0 Å². The summed E-state index contributed by atoms with van der Waals surface area (Å²) < 4.78 is 10.7. The van der Waals surface area contributed by atoms with Gasteiger partial charge in [0.15, 0.2) is 17.3 Å². The van der Waals surface area contributed by atoms with Gasteiger partial charge in [-0.3, -0.25) is 14.5 Å².